The second-order valence-electron chi connectivity index (χ2n) is 4.11. The van der Waals surface area contributed by atoms with E-state index in [9.17, 15) is 4.79 Å². The van der Waals surface area contributed by atoms with Gasteiger partial charge in [-0.25, -0.2) is 0 Å². The van der Waals surface area contributed by atoms with Gasteiger partial charge in [-0.2, -0.15) is 0 Å². The minimum atomic E-state index is 0.0213. The Bertz CT molecular complexity index is 340. The van der Waals surface area contributed by atoms with Crippen molar-refractivity contribution in [1.29, 1.82) is 0 Å². The van der Waals surface area contributed by atoms with Crippen LogP contribution in [0, 0.1) is 20.8 Å². The summed E-state index contributed by atoms with van der Waals surface area (Å²) in [5.74, 6) is 0.251. The van der Waals surface area contributed by atoms with Crippen molar-refractivity contribution in [2.45, 2.75) is 40.5 Å². The summed E-state index contributed by atoms with van der Waals surface area (Å²) in [6, 6.07) is 4.24. The Morgan fingerprint density at radius 2 is 1.57 bits per heavy atom. The fourth-order valence-electron chi connectivity index (χ4n) is 1.55. The molecule has 0 saturated heterocycles. The van der Waals surface area contributed by atoms with Gasteiger partial charge in [0.25, 0.3) is 0 Å². The Kier molecular flexibility index (Phi) is 3.10. The van der Waals surface area contributed by atoms with E-state index in [1.54, 1.807) is 6.92 Å². The van der Waals surface area contributed by atoms with Gasteiger partial charge in [-0.15, -0.1) is 0 Å². The molecule has 0 fully saturated rings. The molecule has 0 bridgehead atoms. The van der Waals surface area contributed by atoms with Crippen LogP contribution in [0.15, 0.2) is 12.1 Å². The SMILES string of the molecule is CC(=O)C(C)c1cc(C)c(C)c(C)c1. The highest BCUT2D eigenvalue weighted by Gasteiger charge is 2.12. The highest BCUT2D eigenvalue weighted by atomic mass is 16.1. The van der Waals surface area contributed by atoms with Crippen LogP contribution in [0.1, 0.15) is 42.0 Å². The maximum Gasteiger partial charge on any atom is 0.136 e. The van der Waals surface area contributed by atoms with Gasteiger partial charge in [0.15, 0.2) is 0 Å². The number of carbonyl (C=O) groups excluding carboxylic acids is 1. The molecule has 0 spiro atoms. The molecule has 0 aliphatic rings. The monoisotopic (exact) mass is 190 g/mol. The van der Waals surface area contributed by atoms with Crippen molar-refractivity contribution in [2.75, 3.05) is 0 Å². The van der Waals surface area contributed by atoms with E-state index < -0.39 is 0 Å². The minimum Gasteiger partial charge on any atom is -0.299 e. The molecule has 0 amide bonds. The van der Waals surface area contributed by atoms with Crippen LogP contribution in [-0.2, 0) is 4.79 Å². The molecule has 0 heterocycles. The van der Waals surface area contributed by atoms with E-state index in [4.69, 9.17) is 0 Å². The summed E-state index contributed by atoms with van der Waals surface area (Å²) in [7, 11) is 0. The number of carbonyl (C=O) groups is 1. The molecule has 1 heteroatoms. The highest BCUT2D eigenvalue weighted by Crippen LogP contribution is 2.22. The number of Topliss-reactive ketones (excluding diaryl/α,β-unsaturated/α-hetero) is 1. The molecule has 76 valence electrons. The number of hydrogen-bond acceptors (Lipinski definition) is 1. The van der Waals surface area contributed by atoms with E-state index in [0.29, 0.717) is 0 Å². The third-order valence-corrected chi connectivity index (χ3v) is 3.06. The molecule has 1 aromatic rings. The summed E-state index contributed by atoms with van der Waals surface area (Å²) in [5.41, 5.74) is 5.00. The quantitative estimate of drug-likeness (QED) is 0.699. The second-order valence-corrected chi connectivity index (χ2v) is 4.11. The lowest BCUT2D eigenvalue weighted by Gasteiger charge is -2.12. The maximum absolute atomic E-state index is 11.3. The van der Waals surface area contributed by atoms with Crippen LogP contribution in [0.4, 0.5) is 0 Å². The first kappa shape index (κ1) is 11.0. The van der Waals surface area contributed by atoms with Gasteiger partial charge in [-0.3, -0.25) is 4.79 Å². The van der Waals surface area contributed by atoms with E-state index in [2.05, 4.69) is 32.9 Å². The van der Waals surface area contributed by atoms with Crippen molar-refractivity contribution in [2.24, 2.45) is 0 Å². The molecule has 0 N–H and O–H groups in total. The normalized spacial score (nSPS) is 12.6. The van der Waals surface area contributed by atoms with Crippen LogP contribution in [0.5, 0.6) is 0 Å². The number of aryl methyl sites for hydroxylation is 2. The van der Waals surface area contributed by atoms with Crippen molar-refractivity contribution < 1.29 is 4.79 Å². The van der Waals surface area contributed by atoms with Crippen LogP contribution in [0.2, 0.25) is 0 Å². The topological polar surface area (TPSA) is 17.1 Å². The number of ketones is 1. The number of rotatable bonds is 2. The van der Waals surface area contributed by atoms with Gasteiger partial charge < -0.3 is 0 Å². The number of benzene rings is 1. The van der Waals surface area contributed by atoms with Crippen molar-refractivity contribution in [3.8, 4) is 0 Å². The van der Waals surface area contributed by atoms with Crippen LogP contribution in [0.3, 0.4) is 0 Å². The Labute approximate surface area is 86.1 Å². The van der Waals surface area contributed by atoms with Gasteiger partial charge in [0.1, 0.15) is 5.78 Å². The molecule has 0 radical (unpaired) electrons. The van der Waals surface area contributed by atoms with Crippen LogP contribution in [0.25, 0.3) is 0 Å². The Balaban J connectivity index is 3.19. The van der Waals surface area contributed by atoms with E-state index in [1.165, 1.54) is 16.7 Å². The lowest BCUT2D eigenvalue weighted by Crippen LogP contribution is -2.05. The lowest BCUT2D eigenvalue weighted by atomic mass is 9.92. The Morgan fingerprint density at radius 3 is 1.93 bits per heavy atom. The molecule has 1 nitrogen and oxygen atoms in total. The van der Waals surface area contributed by atoms with Gasteiger partial charge in [0, 0.05) is 5.92 Å². The third kappa shape index (κ3) is 2.03. The maximum atomic E-state index is 11.3. The molecular formula is C13H18O. The standard InChI is InChI=1S/C13H18O/c1-8-6-13(11(4)12(5)14)7-9(2)10(8)3/h6-7,11H,1-5H3. The first-order valence-electron chi connectivity index (χ1n) is 5.01. The summed E-state index contributed by atoms with van der Waals surface area (Å²) < 4.78 is 0. The Morgan fingerprint density at radius 1 is 1.14 bits per heavy atom. The first-order chi connectivity index (χ1) is 6.43. The molecule has 0 aliphatic carbocycles. The average Bonchev–Trinajstić information content (AvgIpc) is 2.12. The molecule has 1 aromatic carbocycles. The van der Waals surface area contributed by atoms with Gasteiger partial charge in [-0.1, -0.05) is 19.1 Å². The van der Waals surface area contributed by atoms with E-state index in [0.717, 1.165) is 5.56 Å². The van der Waals surface area contributed by atoms with E-state index in [1.807, 2.05) is 6.92 Å². The molecular weight excluding hydrogens is 172 g/mol. The largest absolute Gasteiger partial charge is 0.299 e. The summed E-state index contributed by atoms with van der Waals surface area (Å²) in [4.78, 5) is 11.3. The molecule has 1 atom stereocenters. The minimum absolute atomic E-state index is 0.0213. The summed E-state index contributed by atoms with van der Waals surface area (Å²) in [6.45, 7) is 9.92. The second kappa shape index (κ2) is 3.95. The zero-order valence-electron chi connectivity index (χ0n) is 9.64. The lowest BCUT2D eigenvalue weighted by molar-refractivity contribution is -0.118. The Hall–Kier alpha value is -1.11. The van der Waals surface area contributed by atoms with Crippen molar-refractivity contribution in [1.82, 2.24) is 0 Å². The molecule has 1 rings (SSSR count). The van der Waals surface area contributed by atoms with Crippen molar-refractivity contribution >= 4 is 5.78 Å². The van der Waals surface area contributed by atoms with Crippen molar-refractivity contribution in [3.05, 3.63) is 34.4 Å². The van der Waals surface area contributed by atoms with E-state index >= 15 is 0 Å². The zero-order valence-corrected chi connectivity index (χ0v) is 9.64. The average molecular weight is 190 g/mol. The van der Waals surface area contributed by atoms with Crippen LogP contribution < -0.4 is 0 Å². The molecule has 1 unspecified atom stereocenters. The third-order valence-electron chi connectivity index (χ3n) is 3.06. The fraction of sp³-hybridized carbons (Fsp3) is 0.462. The van der Waals surface area contributed by atoms with Gasteiger partial charge in [0.2, 0.25) is 0 Å². The van der Waals surface area contributed by atoms with Gasteiger partial charge in [-0.05, 0) is 49.9 Å². The smallest absolute Gasteiger partial charge is 0.136 e. The summed E-state index contributed by atoms with van der Waals surface area (Å²) in [6.07, 6.45) is 0. The fourth-order valence-corrected chi connectivity index (χ4v) is 1.55. The summed E-state index contributed by atoms with van der Waals surface area (Å²) >= 11 is 0. The first-order valence-corrected chi connectivity index (χ1v) is 5.01. The summed E-state index contributed by atoms with van der Waals surface area (Å²) in [5, 5.41) is 0. The van der Waals surface area contributed by atoms with E-state index in [-0.39, 0.29) is 11.7 Å². The zero-order chi connectivity index (χ0) is 10.9. The van der Waals surface area contributed by atoms with Crippen LogP contribution >= 0.6 is 0 Å². The van der Waals surface area contributed by atoms with Crippen LogP contribution in [-0.4, -0.2) is 5.78 Å². The molecule has 0 aromatic heterocycles. The molecule has 0 saturated carbocycles. The van der Waals surface area contributed by atoms with Gasteiger partial charge >= 0.3 is 0 Å². The molecule has 0 aliphatic heterocycles. The van der Waals surface area contributed by atoms with Crippen molar-refractivity contribution in [3.63, 3.8) is 0 Å². The number of hydrogen-bond donors (Lipinski definition) is 0. The predicted molar refractivity (Wildman–Crippen MR) is 59.7 cm³/mol. The highest BCUT2D eigenvalue weighted by molar-refractivity contribution is 5.83. The molecule has 14 heavy (non-hydrogen) atoms. The predicted octanol–water partition coefficient (Wildman–Crippen LogP) is 3.30. The van der Waals surface area contributed by atoms with Gasteiger partial charge in [0.05, 0.1) is 0 Å².